The van der Waals surface area contributed by atoms with Crippen molar-refractivity contribution < 1.29 is 22.4 Å². The second kappa shape index (κ2) is 21.2. The Balaban J connectivity index is 0.000000168. The molecule has 0 atom stereocenters. The topological polar surface area (TPSA) is 0 Å². The Kier molecular flexibility index (Phi) is 16.7. The van der Waals surface area contributed by atoms with Crippen molar-refractivity contribution in [3.8, 4) is 0 Å². The van der Waals surface area contributed by atoms with E-state index in [1.54, 1.807) is 0 Å². The van der Waals surface area contributed by atoms with Crippen LogP contribution in [0.4, 0.5) is 0 Å². The molecule has 0 spiro atoms. The predicted molar refractivity (Wildman–Crippen MR) is 221 cm³/mol. The predicted octanol–water partition coefficient (Wildman–Crippen LogP) is 9.59. The smallest absolute Gasteiger partial charge is 0.0622 e. The van der Waals surface area contributed by atoms with Gasteiger partial charge in [0.1, 0.15) is 27.2 Å². The molecule has 0 unspecified atom stereocenters. The van der Waals surface area contributed by atoms with E-state index < -0.39 is 6.62 Å². The second-order valence-corrected chi connectivity index (χ2v) is 19.0. The van der Waals surface area contributed by atoms with Gasteiger partial charge in [-0.05, 0) is 71.7 Å². The Morgan fingerprint density at radius 3 is 0.918 bits per heavy atom. The van der Waals surface area contributed by atoms with Gasteiger partial charge in [0.2, 0.25) is 6.62 Å². The summed E-state index contributed by atoms with van der Waals surface area (Å²) >= 11 is 7.23. The van der Waals surface area contributed by atoms with Crippen LogP contribution >= 0.6 is 34.4 Å². The summed E-state index contributed by atoms with van der Waals surface area (Å²) in [6.45, 7) is 0.215. The molecule has 0 nitrogen and oxygen atoms in total. The number of benzene rings is 7. The maximum atomic E-state index is 7.23. The van der Waals surface area contributed by atoms with Crippen LogP contribution in [0.5, 0.6) is 0 Å². The van der Waals surface area contributed by atoms with Gasteiger partial charge in [-0.1, -0.05) is 191 Å². The Labute approximate surface area is 317 Å². The molecule has 0 saturated carbocycles. The van der Waals surface area contributed by atoms with Gasteiger partial charge in [0, 0.05) is 22.4 Å². The third kappa shape index (κ3) is 11.4. The molecule has 49 heavy (non-hydrogen) atoms. The summed E-state index contributed by atoms with van der Waals surface area (Å²) in [6, 6.07) is 73.9. The van der Waals surface area contributed by atoms with E-state index in [9.17, 15) is 0 Å². The van der Waals surface area contributed by atoms with E-state index in [0.29, 0.717) is 0 Å². The van der Waals surface area contributed by atoms with Crippen LogP contribution in [0.2, 0.25) is 0 Å². The molecule has 249 valence electrons. The molecule has 1 radical (unpaired) electrons. The summed E-state index contributed by atoms with van der Waals surface area (Å²) < 4.78 is 0. The number of hydrogen-bond acceptors (Lipinski definition) is 0. The van der Waals surface area contributed by atoms with Gasteiger partial charge in [0.15, 0.2) is 0 Å². The molecule has 7 aromatic carbocycles. The van der Waals surface area contributed by atoms with E-state index in [4.69, 9.17) is 11.2 Å². The average Bonchev–Trinajstić information content (AvgIpc) is 3.18. The molecule has 7 aromatic rings. The minimum absolute atomic E-state index is 0. The van der Waals surface area contributed by atoms with Gasteiger partial charge < -0.3 is 0 Å². The average molecular weight is 895 g/mol. The van der Waals surface area contributed by atoms with Crippen molar-refractivity contribution in [3.05, 3.63) is 212 Å². The minimum Gasteiger partial charge on any atom is -0.0622 e. The van der Waals surface area contributed by atoms with Crippen LogP contribution in [-0.2, 0) is 22.4 Å². The zero-order valence-corrected chi connectivity index (χ0v) is 33.2. The fourth-order valence-corrected chi connectivity index (χ4v) is 12.1. The van der Waals surface area contributed by atoms with E-state index in [0.717, 1.165) is 8.58 Å². The molecule has 5 heteroatoms. The van der Waals surface area contributed by atoms with Gasteiger partial charge in [-0.25, -0.2) is 0 Å². The SMILES string of the molecule is CCP(c1ccccc1)c1ccccc1.Cl[P+](c1ccccc1)(c1ccccc1)c1ccccc1.[Au].c1ccc(Pc2ccccc2)cc1. The summed E-state index contributed by atoms with van der Waals surface area (Å²) in [5.41, 5.74) is 0. The van der Waals surface area contributed by atoms with E-state index >= 15 is 0 Å². The number of hydrogen-bond donors (Lipinski definition) is 0. The maximum absolute atomic E-state index is 7.23. The minimum atomic E-state index is -2.05. The maximum Gasteiger partial charge on any atom is 0.210 e. The first-order chi connectivity index (χ1) is 23.7. The van der Waals surface area contributed by atoms with Crippen molar-refractivity contribution in [2.75, 3.05) is 6.16 Å². The molecule has 7 rings (SSSR count). The first-order valence-electron chi connectivity index (χ1n) is 16.2. The number of rotatable bonds is 8. The Bertz CT molecular complexity index is 1690. The third-order valence-corrected chi connectivity index (χ3v) is 16.1. The van der Waals surface area contributed by atoms with Gasteiger partial charge >= 0.3 is 0 Å². The van der Waals surface area contributed by atoms with Crippen LogP contribution in [0.3, 0.4) is 0 Å². The molecule has 0 aliphatic heterocycles. The van der Waals surface area contributed by atoms with E-state index in [-0.39, 0.29) is 30.3 Å². The van der Waals surface area contributed by atoms with Gasteiger partial charge in [-0.15, -0.1) is 0 Å². The second-order valence-electron chi connectivity index (χ2n) is 10.9. The zero-order valence-electron chi connectivity index (χ0n) is 27.5. The first-order valence-corrected chi connectivity index (χ1v) is 21.4. The summed E-state index contributed by atoms with van der Waals surface area (Å²) in [4.78, 5) is 0. The van der Waals surface area contributed by atoms with Gasteiger partial charge in [-0.2, -0.15) is 0 Å². The molecule has 0 saturated heterocycles. The zero-order chi connectivity index (χ0) is 33.3. The quantitative estimate of drug-likeness (QED) is 0.105. The molecule has 0 heterocycles. The van der Waals surface area contributed by atoms with Gasteiger partial charge in [0.05, 0.1) is 0 Å². The Morgan fingerprint density at radius 2 is 0.653 bits per heavy atom. The van der Waals surface area contributed by atoms with Crippen molar-refractivity contribution in [3.63, 3.8) is 0 Å². The summed E-state index contributed by atoms with van der Waals surface area (Å²) in [5, 5.41) is 9.32. The van der Waals surface area contributed by atoms with Crippen LogP contribution < -0.4 is 37.1 Å². The first kappa shape index (κ1) is 38.7. The molecule has 0 aromatic heterocycles. The Hall–Kier alpha value is -3.14. The van der Waals surface area contributed by atoms with Crippen LogP contribution in [0.1, 0.15) is 6.92 Å². The fraction of sp³-hybridized carbons (Fsp3) is 0.0455. The van der Waals surface area contributed by atoms with Crippen molar-refractivity contribution in [1.29, 1.82) is 0 Å². The molecule has 0 amide bonds. The van der Waals surface area contributed by atoms with Crippen molar-refractivity contribution in [1.82, 2.24) is 0 Å². The number of halogens is 1. The van der Waals surface area contributed by atoms with E-state index in [1.165, 1.54) is 43.3 Å². The fourth-order valence-electron chi connectivity index (χ4n) is 5.29. The largest absolute Gasteiger partial charge is 0.210 e. The van der Waals surface area contributed by atoms with E-state index in [1.807, 2.05) is 18.2 Å². The summed E-state index contributed by atoms with van der Waals surface area (Å²) in [7, 11) is 0.628. The summed E-state index contributed by atoms with van der Waals surface area (Å²) in [6.07, 6.45) is 1.21. The summed E-state index contributed by atoms with van der Waals surface area (Å²) in [5.74, 6) is 0. The van der Waals surface area contributed by atoms with Crippen LogP contribution in [-0.4, -0.2) is 6.16 Å². The molecule has 0 aliphatic carbocycles. The van der Waals surface area contributed by atoms with Crippen LogP contribution in [0.25, 0.3) is 0 Å². The van der Waals surface area contributed by atoms with Crippen molar-refractivity contribution in [2.24, 2.45) is 0 Å². The standard InChI is InChI=1S/C18H15ClP.C14H15P.C12H11P.Au/c19-20(16-10-4-1-5-11-16,17-12-6-2-7-13-17)18-14-8-3-9-15-18;1-2-15(13-9-5-3-6-10-13)14-11-7-4-8-12-14;1-3-7-11(8-4-1)13-12-9-5-2-6-10-12;/h1-15H;3-12H,2H2,1H3;1-10,13H;/q+1;;;. The van der Waals surface area contributed by atoms with Crippen LogP contribution in [0.15, 0.2) is 212 Å². The monoisotopic (exact) mass is 894 g/mol. The van der Waals surface area contributed by atoms with Crippen LogP contribution in [0, 0.1) is 0 Å². The molecule has 0 bridgehead atoms. The normalized spacial score (nSPS) is 10.4. The van der Waals surface area contributed by atoms with E-state index in [2.05, 4.69) is 201 Å². The van der Waals surface area contributed by atoms with Crippen molar-refractivity contribution >= 4 is 71.5 Å². The molecule has 0 aliphatic rings. The Morgan fingerprint density at radius 1 is 0.408 bits per heavy atom. The van der Waals surface area contributed by atoms with Crippen molar-refractivity contribution in [2.45, 2.75) is 6.92 Å². The molecular weight excluding hydrogens is 854 g/mol. The van der Waals surface area contributed by atoms with Gasteiger partial charge in [0.25, 0.3) is 0 Å². The molecule has 0 N–H and O–H groups in total. The molecular formula is C44H41AuClP3+. The molecule has 0 fully saturated rings. The van der Waals surface area contributed by atoms with Gasteiger partial charge in [-0.3, -0.25) is 0 Å². The third-order valence-electron chi connectivity index (χ3n) is 7.62.